The summed E-state index contributed by atoms with van der Waals surface area (Å²) in [6.45, 7) is 3.75. The van der Waals surface area contributed by atoms with E-state index in [0.717, 1.165) is 29.0 Å². The quantitative estimate of drug-likeness (QED) is 0.717. The Balaban J connectivity index is 1.51. The van der Waals surface area contributed by atoms with Gasteiger partial charge in [0.15, 0.2) is 0 Å². The maximum absolute atomic E-state index is 13.6. The third-order valence-electron chi connectivity index (χ3n) is 6.27. The predicted molar refractivity (Wildman–Crippen MR) is 114 cm³/mol. The molecule has 1 atom stereocenters. The first-order chi connectivity index (χ1) is 14.1. The monoisotopic (exact) mass is 411 g/mol. The van der Waals surface area contributed by atoms with Crippen molar-refractivity contribution < 1.29 is 9.59 Å². The smallest absolute Gasteiger partial charge is 0.228 e. The molecule has 1 aromatic carbocycles. The van der Waals surface area contributed by atoms with Crippen LogP contribution in [0.4, 0.5) is 0 Å². The summed E-state index contributed by atoms with van der Waals surface area (Å²) in [6.07, 6.45) is 5.70. The maximum atomic E-state index is 13.6. The fraction of sp³-hybridized carbons (Fsp3) is 0.522. The lowest BCUT2D eigenvalue weighted by Crippen LogP contribution is -2.49. The molecule has 2 fully saturated rings. The first-order valence-electron chi connectivity index (χ1n) is 10.6. The Bertz CT molecular complexity index is 845. The van der Waals surface area contributed by atoms with Crippen LogP contribution in [0.3, 0.4) is 0 Å². The molecule has 0 bridgehead atoms. The molecular weight excluding hydrogens is 382 g/mol. The second-order valence-corrected chi connectivity index (χ2v) is 9.20. The molecule has 0 spiro atoms. The summed E-state index contributed by atoms with van der Waals surface area (Å²) in [5, 5.41) is 0. The van der Waals surface area contributed by atoms with E-state index in [0.29, 0.717) is 38.5 Å². The number of rotatable bonds is 6. The summed E-state index contributed by atoms with van der Waals surface area (Å²) in [6, 6.07) is 10.5. The summed E-state index contributed by atoms with van der Waals surface area (Å²) in [5.74, 6) is 0.288. The molecule has 1 saturated carbocycles. The molecule has 0 radical (unpaired) electrons. The van der Waals surface area contributed by atoms with Crippen molar-refractivity contribution in [2.75, 3.05) is 6.54 Å². The Morgan fingerprint density at radius 3 is 2.62 bits per heavy atom. The number of piperidine rings is 1. The number of nitrogens with zero attached hydrogens (tertiary/aromatic N) is 3. The molecule has 0 N–H and O–H groups in total. The van der Waals surface area contributed by atoms with Gasteiger partial charge < -0.3 is 9.80 Å². The molecule has 2 heterocycles. The van der Waals surface area contributed by atoms with Gasteiger partial charge in [0.2, 0.25) is 11.8 Å². The molecular formula is C23H29N3O2S. The highest BCUT2D eigenvalue weighted by Gasteiger charge is 2.36. The van der Waals surface area contributed by atoms with Gasteiger partial charge in [-0.1, -0.05) is 43.2 Å². The van der Waals surface area contributed by atoms with Crippen molar-refractivity contribution in [2.45, 2.75) is 64.6 Å². The standard InChI is InChI=1S/C23H29N3O2S/c1-17-21(29-16-24-17)15-25(13-18-7-3-2-4-8-18)23(28)19-11-12-22(27)26(14-19)20-9-5-6-10-20/h2-4,7-8,16,19-20H,5-6,9-15H2,1H3. The molecule has 2 aliphatic rings. The highest BCUT2D eigenvalue weighted by molar-refractivity contribution is 7.09. The fourth-order valence-electron chi connectivity index (χ4n) is 4.57. The minimum Gasteiger partial charge on any atom is -0.339 e. The third-order valence-corrected chi connectivity index (χ3v) is 7.19. The zero-order valence-electron chi connectivity index (χ0n) is 17.0. The Morgan fingerprint density at radius 2 is 1.93 bits per heavy atom. The van der Waals surface area contributed by atoms with E-state index in [1.165, 1.54) is 12.8 Å². The van der Waals surface area contributed by atoms with E-state index in [9.17, 15) is 9.59 Å². The van der Waals surface area contributed by atoms with Gasteiger partial charge in [-0.05, 0) is 31.7 Å². The number of hydrogen-bond donors (Lipinski definition) is 0. The van der Waals surface area contributed by atoms with Crippen LogP contribution in [-0.2, 0) is 22.7 Å². The Labute approximate surface area is 176 Å². The molecule has 2 aromatic rings. The van der Waals surface area contributed by atoms with Crippen molar-refractivity contribution >= 4 is 23.2 Å². The number of hydrogen-bond acceptors (Lipinski definition) is 4. The second-order valence-electron chi connectivity index (χ2n) is 8.26. The lowest BCUT2D eigenvalue weighted by Gasteiger charge is -2.38. The minimum absolute atomic E-state index is 0.106. The summed E-state index contributed by atoms with van der Waals surface area (Å²) >= 11 is 1.60. The molecule has 1 unspecified atom stereocenters. The van der Waals surface area contributed by atoms with Crippen LogP contribution in [0.25, 0.3) is 0 Å². The van der Waals surface area contributed by atoms with E-state index < -0.39 is 0 Å². The van der Waals surface area contributed by atoms with Crippen LogP contribution in [-0.4, -0.2) is 39.2 Å². The van der Waals surface area contributed by atoms with Crippen molar-refractivity contribution in [3.05, 3.63) is 52.0 Å². The summed E-state index contributed by atoms with van der Waals surface area (Å²) in [4.78, 5) is 35.5. The van der Waals surface area contributed by atoms with E-state index >= 15 is 0 Å². The van der Waals surface area contributed by atoms with E-state index in [-0.39, 0.29) is 17.7 Å². The van der Waals surface area contributed by atoms with Gasteiger partial charge >= 0.3 is 0 Å². The van der Waals surface area contributed by atoms with Crippen LogP contribution >= 0.6 is 11.3 Å². The number of aryl methyl sites for hydroxylation is 1. The van der Waals surface area contributed by atoms with E-state index in [1.54, 1.807) is 11.3 Å². The maximum Gasteiger partial charge on any atom is 0.228 e. The number of carbonyl (C=O) groups is 2. The lowest BCUT2D eigenvalue weighted by atomic mass is 9.94. The highest BCUT2D eigenvalue weighted by atomic mass is 32.1. The molecule has 5 nitrogen and oxygen atoms in total. The van der Waals surface area contributed by atoms with Crippen LogP contribution in [0.1, 0.15) is 54.7 Å². The van der Waals surface area contributed by atoms with Crippen LogP contribution in [0, 0.1) is 12.8 Å². The molecule has 1 aliphatic carbocycles. The molecule has 1 saturated heterocycles. The minimum atomic E-state index is -0.106. The van der Waals surface area contributed by atoms with Crippen molar-refractivity contribution in [1.82, 2.24) is 14.8 Å². The molecule has 2 amide bonds. The van der Waals surface area contributed by atoms with E-state index in [4.69, 9.17) is 0 Å². The highest BCUT2D eigenvalue weighted by Crippen LogP contribution is 2.30. The average Bonchev–Trinajstić information content (AvgIpc) is 3.40. The van der Waals surface area contributed by atoms with Crippen molar-refractivity contribution in [2.24, 2.45) is 5.92 Å². The molecule has 4 rings (SSSR count). The number of likely N-dealkylation sites (tertiary alicyclic amines) is 1. The number of benzene rings is 1. The van der Waals surface area contributed by atoms with Gasteiger partial charge in [0.05, 0.1) is 23.7 Å². The fourth-order valence-corrected chi connectivity index (χ4v) is 5.36. The molecule has 6 heteroatoms. The second kappa shape index (κ2) is 9.08. The first kappa shape index (κ1) is 20.1. The van der Waals surface area contributed by atoms with Gasteiger partial charge in [0, 0.05) is 30.4 Å². The predicted octanol–water partition coefficient (Wildman–Crippen LogP) is 4.16. The number of thiazole rings is 1. The SMILES string of the molecule is Cc1ncsc1CN(Cc1ccccc1)C(=O)C1CCC(=O)N(C2CCCC2)C1. The summed E-state index contributed by atoms with van der Waals surface area (Å²) < 4.78 is 0. The van der Waals surface area contributed by atoms with Crippen LogP contribution in [0.5, 0.6) is 0 Å². The van der Waals surface area contributed by atoms with Gasteiger partial charge in [-0.2, -0.15) is 0 Å². The van der Waals surface area contributed by atoms with Gasteiger partial charge in [0.25, 0.3) is 0 Å². The Hall–Kier alpha value is -2.21. The van der Waals surface area contributed by atoms with Crippen LogP contribution in [0.15, 0.2) is 35.8 Å². The normalized spacial score (nSPS) is 20.2. The van der Waals surface area contributed by atoms with Gasteiger partial charge in [0.1, 0.15) is 0 Å². The number of aromatic nitrogens is 1. The Kier molecular flexibility index (Phi) is 6.28. The zero-order chi connectivity index (χ0) is 20.2. The van der Waals surface area contributed by atoms with Crippen molar-refractivity contribution in [1.29, 1.82) is 0 Å². The van der Waals surface area contributed by atoms with E-state index in [1.807, 2.05) is 40.4 Å². The molecule has 1 aliphatic heterocycles. The van der Waals surface area contributed by atoms with Gasteiger partial charge in [-0.25, -0.2) is 4.98 Å². The average molecular weight is 412 g/mol. The zero-order valence-corrected chi connectivity index (χ0v) is 17.9. The van der Waals surface area contributed by atoms with Crippen LogP contribution < -0.4 is 0 Å². The summed E-state index contributed by atoms with van der Waals surface area (Å²) in [7, 11) is 0. The van der Waals surface area contributed by atoms with Crippen molar-refractivity contribution in [3.63, 3.8) is 0 Å². The molecule has 154 valence electrons. The number of amides is 2. The van der Waals surface area contributed by atoms with Crippen molar-refractivity contribution in [3.8, 4) is 0 Å². The Morgan fingerprint density at radius 1 is 1.17 bits per heavy atom. The van der Waals surface area contributed by atoms with Gasteiger partial charge in [-0.3, -0.25) is 9.59 Å². The topological polar surface area (TPSA) is 53.5 Å². The number of carbonyl (C=O) groups excluding carboxylic acids is 2. The lowest BCUT2D eigenvalue weighted by molar-refractivity contribution is -0.145. The van der Waals surface area contributed by atoms with Gasteiger partial charge in [-0.15, -0.1) is 11.3 Å². The largest absolute Gasteiger partial charge is 0.339 e. The first-order valence-corrected chi connectivity index (χ1v) is 11.5. The summed E-state index contributed by atoms with van der Waals surface area (Å²) in [5.41, 5.74) is 3.96. The van der Waals surface area contributed by atoms with E-state index in [2.05, 4.69) is 17.1 Å². The van der Waals surface area contributed by atoms with Crippen LogP contribution in [0.2, 0.25) is 0 Å². The third kappa shape index (κ3) is 4.69. The molecule has 1 aromatic heterocycles. The molecule has 29 heavy (non-hydrogen) atoms.